The van der Waals surface area contributed by atoms with Crippen molar-refractivity contribution >= 4 is 11.7 Å². The first kappa shape index (κ1) is 18.3. The molecular formula is C20H22F2N2O2. The zero-order valence-corrected chi connectivity index (χ0v) is 14.9. The van der Waals surface area contributed by atoms with Crippen LogP contribution in [-0.4, -0.2) is 44.2 Å². The molecule has 138 valence electrons. The van der Waals surface area contributed by atoms with Gasteiger partial charge in [-0.15, -0.1) is 0 Å². The zero-order valence-electron chi connectivity index (χ0n) is 14.9. The first-order chi connectivity index (χ1) is 12.5. The number of carbonyl (C=O) groups excluding carboxylic acids is 1. The monoisotopic (exact) mass is 360 g/mol. The first-order valence-corrected chi connectivity index (χ1v) is 8.62. The summed E-state index contributed by atoms with van der Waals surface area (Å²) in [5.74, 6) is -1.43. The van der Waals surface area contributed by atoms with E-state index in [4.69, 9.17) is 4.74 Å². The van der Waals surface area contributed by atoms with E-state index in [-0.39, 0.29) is 12.0 Å². The molecule has 0 saturated carbocycles. The van der Waals surface area contributed by atoms with Gasteiger partial charge in [0.2, 0.25) is 0 Å². The molecule has 2 aromatic carbocycles. The molecule has 1 fully saturated rings. The fourth-order valence-corrected chi connectivity index (χ4v) is 3.31. The van der Waals surface area contributed by atoms with Crippen molar-refractivity contribution in [3.05, 3.63) is 65.2 Å². The van der Waals surface area contributed by atoms with Crippen LogP contribution < -0.4 is 4.90 Å². The molecule has 0 aliphatic carbocycles. The third-order valence-corrected chi connectivity index (χ3v) is 4.93. The molecule has 2 aromatic rings. The highest BCUT2D eigenvalue weighted by atomic mass is 19.1. The number of carbonyl (C=O) groups is 1. The lowest BCUT2D eigenvalue weighted by Crippen LogP contribution is -2.47. The molecule has 4 nitrogen and oxygen atoms in total. The second-order valence-electron chi connectivity index (χ2n) is 6.41. The minimum absolute atomic E-state index is 0.182. The maximum Gasteiger partial charge on any atom is 0.337 e. The van der Waals surface area contributed by atoms with Crippen molar-refractivity contribution in [2.75, 3.05) is 38.2 Å². The van der Waals surface area contributed by atoms with Gasteiger partial charge in [-0.1, -0.05) is 12.1 Å². The van der Waals surface area contributed by atoms with Crippen LogP contribution in [0.4, 0.5) is 14.5 Å². The highest BCUT2D eigenvalue weighted by molar-refractivity contribution is 5.89. The number of rotatable bonds is 4. The maximum absolute atomic E-state index is 14.0. The van der Waals surface area contributed by atoms with Crippen molar-refractivity contribution < 1.29 is 18.3 Å². The van der Waals surface area contributed by atoms with Crippen molar-refractivity contribution in [2.24, 2.45) is 0 Å². The zero-order chi connectivity index (χ0) is 18.7. The summed E-state index contributed by atoms with van der Waals surface area (Å²) >= 11 is 0. The van der Waals surface area contributed by atoms with Crippen LogP contribution in [0.5, 0.6) is 0 Å². The number of piperazine rings is 1. The van der Waals surface area contributed by atoms with Gasteiger partial charge in [-0.05, 0) is 36.8 Å². The maximum atomic E-state index is 14.0. The van der Waals surface area contributed by atoms with Crippen LogP contribution in [-0.2, 0) is 4.74 Å². The average molecular weight is 360 g/mol. The number of hydrogen-bond donors (Lipinski definition) is 0. The molecule has 26 heavy (non-hydrogen) atoms. The number of esters is 1. The fourth-order valence-electron chi connectivity index (χ4n) is 3.31. The lowest BCUT2D eigenvalue weighted by molar-refractivity contribution is 0.0600. The van der Waals surface area contributed by atoms with Crippen molar-refractivity contribution in [3.63, 3.8) is 0 Å². The fraction of sp³-hybridized carbons (Fsp3) is 0.350. The standard InChI is InChI=1S/C20H22F2N2O2/c1-14(15-3-5-16(6-4-15)20(25)26-2)23-9-11-24(12-10-23)19-8-7-17(21)13-18(19)22/h3-8,13-14H,9-12H2,1-2H3. The van der Waals surface area contributed by atoms with Crippen molar-refractivity contribution in [1.29, 1.82) is 0 Å². The molecular weight excluding hydrogens is 338 g/mol. The van der Waals surface area contributed by atoms with E-state index >= 15 is 0 Å². The molecule has 6 heteroatoms. The third-order valence-electron chi connectivity index (χ3n) is 4.93. The second kappa shape index (κ2) is 7.83. The minimum atomic E-state index is -0.561. The quantitative estimate of drug-likeness (QED) is 0.780. The molecule has 0 N–H and O–H groups in total. The van der Waals surface area contributed by atoms with Gasteiger partial charge in [-0.3, -0.25) is 4.90 Å². The first-order valence-electron chi connectivity index (χ1n) is 8.62. The van der Waals surface area contributed by atoms with Gasteiger partial charge in [0, 0.05) is 38.3 Å². The Morgan fingerprint density at radius 2 is 1.69 bits per heavy atom. The van der Waals surface area contributed by atoms with Gasteiger partial charge in [-0.25, -0.2) is 13.6 Å². The summed E-state index contributed by atoms with van der Waals surface area (Å²) in [7, 11) is 1.36. The Morgan fingerprint density at radius 3 is 2.27 bits per heavy atom. The van der Waals surface area contributed by atoms with Crippen LogP contribution in [0.2, 0.25) is 0 Å². The smallest absolute Gasteiger partial charge is 0.337 e. The van der Waals surface area contributed by atoms with Gasteiger partial charge in [0.25, 0.3) is 0 Å². The molecule has 0 spiro atoms. The van der Waals surface area contributed by atoms with Crippen LogP contribution >= 0.6 is 0 Å². The molecule has 0 bridgehead atoms. The Kier molecular flexibility index (Phi) is 5.52. The summed E-state index contributed by atoms with van der Waals surface area (Å²) in [5, 5.41) is 0. The van der Waals surface area contributed by atoms with E-state index in [0.29, 0.717) is 24.3 Å². The van der Waals surface area contributed by atoms with Crippen LogP contribution in [0.1, 0.15) is 28.9 Å². The Bertz CT molecular complexity index is 772. The van der Waals surface area contributed by atoms with Crippen LogP contribution in [0, 0.1) is 11.6 Å². The lowest BCUT2D eigenvalue weighted by Gasteiger charge is -2.39. The Hall–Kier alpha value is -2.47. The van der Waals surface area contributed by atoms with Crippen LogP contribution in [0.15, 0.2) is 42.5 Å². The van der Waals surface area contributed by atoms with E-state index in [9.17, 15) is 13.6 Å². The average Bonchev–Trinajstić information content (AvgIpc) is 2.67. The molecule has 1 aliphatic heterocycles. The number of hydrogen-bond acceptors (Lipinski definition) is 4. The van der Waals surface area contributed by atoms with Gasteiger partial charge in [0.15, 0.2) is 0 Å². The van der Waals surface area contributed by atoms with Gasteiger partial charge >= 0.3 is 5.97 Å². The summed E-state index contributed by atoms with van der Waals surface area (Å²) in [5.41, 5.74) is 2.08. The predicted octanol–water partition coefficient (Wildman–Crippen LogP) is 3.63. The number of ether oxygens (including phenoxy) is 1. The third kappa shape index (κ3) is 3.85. The molecule has 0 radical (unpaired) electrons. The molecule has 1 saturated heterocycles. The topological polar surface area (TPSA) is 32.8 Å². The molecule has 1 unspecified atom stereocenters. The molecule has 0 amide bonds. The molecule has 3 rings (SSSR count). The molecule has 0 aromatic heterocycles. The number of benzene rings is 2. The highest BCUT2D eigenvalue weighted by Gasteiger charge is 2.24. The second-order valence-corrected chi connectivity index (χ2v) is 6.41. The van der Waals surface area contributed by atoms with E-state index in [1.807, 2.05) is 17.0 Å². The van der Waals surface area contributed by atoms with Crippen molar-refractivity contribution in [1.82, 2.24) is 4.90 Å². The van der Waals surface area contributed by atoms with E-state index in [2.05, 4.69) is 11.8 Å². The van der Waals surface area contributed by atoms with E-state index in [1.54, 1.807) is 12.1 Å². The Balaban J connectivity index is 1.63. The van der Waals surface area contributed by atoms with Gasteiger partial charge in [0.1, 0.15) is 11.6 Å². The summed E-state index contributed by atoms with van der Waals surface area (Å²) in [6.07, 6.45) is 0. The van der Waals surface area contributed by atoms with Crippen LogP contribution in [0.3, 0.4) is 0 Å². The number of anilines is 1. The SMILES string of the molecule is COC(=O)c1ccc(C(C)N2CCN(c3ccc(F)cc3F)CC2)cc1. The molecule has 1 heterocycles. The number of halogens is 2. The molecule has 1 atom stereocenters. The normalized spacial score (nSPS) is 16.4. The summed E-state index contributed by atoms with van der Waals surface area (Å²) in [6.45, 7) is 5.01. The van der Waals surface area contributed by atoms with Crippen molar-refractivity contribution in [3.8, 4) is 0 Å². The van der Waals surface area contributed by atoms with E-state index in [0.717, 1.165) is 24.7 Å². The highest BCUT2D eigenvalue weighted by Crippen LogP contribution is 2.26. The van der Waals surface area contributed by atoms with Gasteiger partial charge in [0.05, 0.1) is 18.4 Å². The van der Waals surface area contributed by atoms with E-state index < -0.39 is 11.6 Å². The van der Waals surface area contributed by atoms with E-state index in [1.165, 1.54) is 19.2 Å². The minimum Gasteiger partial charge on any atom is -0.465 e. The predicted molar refractivity (Wildman–Crippen MR) is 96.3 cm³/mol. The summed E-state index contributed by atoms with van der Waals surface area (Å²) < 4.78 is 31.7. The number of methoxy groups -OCH3 is 1. The Morgan fingerprint density at radius 1 is 1.04 bits per heavy atom. The summed E-state index contributed by atoms with van der Waals surface area (Å²) in [4.78, 5) is 15.8. The van der Waals surface area contributed by atoms with Crippen molar-refractivity contribution in [2.45, 2.75) is 13.0 Å². The molecule has 1 aliphatic rings. The Labute approximate surface area is 152 Å². The van der Waals surface area contributed by atoms with Gasteiger partial charge < -0.3 is 9.64 Å². The largest absolute Gasteiger partial charge is 0.465 e. The summed E-state index contributed by atoms with van der Waals surface area (Å²) in [6, 6.07) is 11.3. The van der Waals surface area contributed by atoms with Gasteiger partial charge in [-0.2, -0.15) is 0 Å². The van der Waals surface area contributed by atoms with Crippen LogP contribution in [0.25, 0.3) is 0 Å². The lowest BCUT2D eigenvalue weighted by atomic mass is 10.0. The number of nitrogens with zero attached hydrogens (tertiary/aromatic N) is 2.